The van der Waals surface area contributed by atoms with Crippen LogP contribution in [0.3, 0.4) is 0 Å². The topological polar surface area (TPSA) is 87.3 Å². The smallest absolute Gasteiger partial charge is 0.215 e. The molecule has 0 radical (unpaired) electrons. The molecular weight excluding hydrogens is 297 g/mol. The molecule has 0 unspecified atom stereocenters. The maximum Gasteiger partial charge on any atom is 0.215 e. The zero-order valence-corrected chi connectivity index (χ0v) is 11.7. The van der Waals surface area contributed by atoms with Crippen molar-refractivity contribution in [2.75, 3.05) is 18.6 Å². The number of ether oxygens (including phenoxy) is 1. The molecule has 0 saturated heterocycles. The van der Waals surface area contributed by atoms with Gasteiger partial charge in [0.05, 0.1) is 23.7 Å². The molecule has 0 spiro atoms. The summed E-state index contributed by atoms with van der Waals surface area (Å²) in [4.78, 5) is 4.26. The third-order valence-electron chi connectivity index (χ3n) is 3.16. The number of nitrogen functional groups attached to an aromatic ring is 2. The number of furan rings is 1. The van der Waals surface area contributed by atoms with E-state index >= 15 is 0 Å². The molecule has 0 aliphatic carbocycles. The zero-order valence-electron chi connectivity index (χ0n) is 11.0. The minimum atomic E-state index is -0.511. The second-order valence-corrected chi connectivity index (χ2v) is 4.80. The molecule has 1 aromatic carbocycles. The van der Waals surface area contributed by atoms with E-state index in [4.69, 9.17) is 32.2 Å². The number of rotatable bonds is 2. The average Bonchev–Trinajstić information content (AvgIpc) is 2.77. The summed E-state index contributed by atoms with van der Waals surface area (Å²) < 4.78 is 24.0. The van der Waals surface area contributed by atoms with Crippen LogP contribution < -0.4 is 16.2 Å². The number of anilines is 2. The van der Waals surface area contributed by atoms with Gasteiger partial charge in [-0.05, 0) is 18.2 Å². The Morgan fingerprint density at radius 3 is 2.76 bits per heavy atom. The summed E-state index contributed by atoms with van der Waals surface area (Å²) in [5, 5.41) is 0.520. The molecule has 0 saturated carbocycles. The van der Waals surface area contributed by atoms with Gasteiger partial charge in [-0.25, -0.2) is 9.37 Å². The standard InChI is InChI=1S/C14H11ClFN3O2/c1-20-9-5-19-12(6-2-3-8(16)7(15)4-6)13-10(9)11(17)14(18)21-13/h2-5H,17-18H2,1H3. The zero-order chi connectivity index (χ0) is 15.1. The van der Waals surface area contributed by atoms with Gasteiger partial charge >= 0.3 is 0 Å². The number of nitrogens with two attached hydrogens (primary N) is 2. The maximum absolute atomic E-state index is 13.3. The van der Waals surface area contributed by atoms with E-state index in [1.165, 1.54) is 25.4 Å². The monoisotopic (exact) mass is 307 g/mol. The first-order valence-electron chi connectivity index (χ1n) is 5.98. The van der Waals surface area contributed by atoms with E-state index in [0.717, 1.165) is 0 Å². The summed E-state index contributed by atoms with van der Waals surface area (Å²) in [5.74, 6) is 0.00862. The summed E-state index contributed by atoms with van der Waals surface area (Å²) in [6, 6.07) is 4.26. The molecule has 4 N–H and O–H groups in total. The number of benzene rings is 1. The van der Waals surface area contributed by atoms with Crippen LogP contribution in [0.25, 0.3) is 22.2 Å². The molecule has 3 rings (SSSR count). The molecule has 3 aromatic rings. The predicted molar refractivity (Wildman–Crippen MR) is 79.8 cm³/mol. The Hall–Kier alpha value is -2.47. The van der Waals surface area contributed by atoms with E-state index < -0.39 is 5.82 Å². The Morgan fingerprint density at radius 2 is 2.10 bits per heavy atom. The lowest BCUT2D eigenvalue weighted by molar-refractivity contribution is 0.418. The SMILES string of the molecule is COc1cnc(-c2ccc(F)c(Cl)c2)c2oc(N)c(N)c12. The van der Waals surface area contributed by atoms with Crippen LogP contribution in [0.1, 0.15) is 0 Å². The molecule has 0 aliphatic heterocycles. The van der Waals surface area contributed by atoms with Crippen molar-refractivity contribution in [2.45, 2.75) is 0 Å². The average molecular weight is 308 g/mol. The number of pyridine rings is 1. The van der Waals surface area contributed by atoms with Crippen molar-refractivity contribution in [3.8, 4) is 17.0 Å². The van der Waals surface area contributed by atoms with Crippen LogP contribution in [0.2, 0.25) is 5.02 Å². The van der Waals surface area contributed by atoms with Crippen LogP contribution >= 0.6 is 11.6 Å². The fraction of sp³-hybridized carbons (Fsp3) is 0.0714. The van der Waals surface area contributed by atoms with E-state index in [-0.39, 0.29) is 16.6 Å². The molecule has 2 aromatic heterocycles. The third-order valence-corrected chi connectivity index (χ3v) is 3.45. The molecule has 0 fully saturated rings. The number of aromatic nitrogens is 1. The van der Waals surface area contributed by atoms with Crippen molar-refractivity contribution in [3.63, 3.8) is 0 Å². The highest BCUT2D eigenvalue weighted by Crippen LogP contribution is 2.41. The number of halogens is 2. The van der Waals surface area contributed by atoms with Gasteiger partial charge < -0.3 is 20.6 Å². The van der Waals surface area contributed by atoms with Crippen molar-refractivity contribution in [1.82, 2.24) is 4.98 Å². The van der Waals surface area contributed by atoms with Crippen molar-refractivity contribution >= 4 is 34.1 Å². The van der Waals surface area contributed by atoms with Crippen LogP contribution in [0, 0.1) is 5.82 Å². The molecule has 0 aliphatic rings. The van der Waals surface area contributed by atoms with Crippen molar-refractivity contribution in [3.05, 3.63) is 35.2 Å². The molecule has 21 heavy (non-hydrogen) atoms. The fourth-order valence-corrected chi connectivity index (χ4v) is 2.30. The first-order valence-corrected chi connectivity index (χ1v) is 6.36. The molecular formula is C14H11ClFN3O2. The lowest BCUT2D eigenvalue weighted by atomic mass is 10.1. The van der Waals surface area contributed by atoms with Gasteiger partial charge in [-0.15, -0.1) is 0 Å². The summed E-state index contributed by atoms with van der Waals surface area (Å²) in [7, 11) is 1.49. The number of fused-ring (bicyclic) bond motifs is 1. The van der Waals surface area contributed by atoms with Crippen LogP contribution in [0.4, 0.5) is 16.0 Å². The van der Waals surface area contributed by atoms with E-state index in [1.54, 1.807) is 6.07 Å². The fourth-order valence-electron chi connectivity index (χ4n) is 2.12. The van der Waals surface area contributed by atoms with E-state index in [9.17, 15) is 4.39 Å². The van der Waals surface area contributed by atoms with Crippen LogP contribution in [0.15, 0.2) is 28.8 Å². The molecule has 0 amide bonds. The van der Waals surface area contributed by atoms with Gasteiger partial charge in [-0.3, -0.25) is 0 Å². The highest BCUT2D eigenvalue weighted by Gasteiger charge is 2.19. The Kier molecular flexibility index (Phi) is 3.10. The van der Waals surface area contributed by atoms with Crippen LogP contribution in [-0.4, -0.2) is 12.1 Å². The summed E-state index contributed by atoms with van der Waals surface area (Å²) in [5.41, 5.74) is 13.3. The summed E-state index contributed by atoms with van der Waals surface area (Å²) in [6.45, 7) is 0. The predicted octanol–water partition coefficient (Wildman–Crippen LogP) is 3.46. The maximum atomic E-state index is 13.3. The Bertz CT molecular complexity index is 848. The molecule has 0 atom stereocenters. The van der Waals surface area contributed by atoms with Gasteiger partial charge in [0.15, 0.2) is 5.58 Å². The molecule has 2 heterocycles. The molecule has 108 valence electrons. The number of methoxy groups -OCH3 is 1. The summed E-state index contributed by atoms with van der Waals surface area (Å²) in [6.07, 6.45) is 1.50. The minimum Gasteiger partial charge on any atom is -0.494 e. The quantitative estimate of drug-likeness (QED) is 0.757. The second-order valence-electron chi connectivity index (χ2n) is 4.39. The lowest BCUT2D eigenvalue weighted by Crippen LogP contribution is -1.93. The van der Waals surface area contributed by atoms with Gasteiger partial charge in [0.2, 0.25) is 5.88 Å². The summed E-state index contributed by atoms with van der Waals surface area (Å²) >= 11 is 5.80. The number of hydrogen-bond acceptors (Lipinski definition) is 5. The van der Waals surface area contributed by atoms with Crippen LogP contribution in [0.5, 0.6) is 5.75 Å². The molecule has 0 bridgehead atoms. The van der Waals surface area contributed by atoms with Gasteiger partial charge in [-0.2, -0.15) is 0 Å². The van der Waals surface area contributed by atoms with Crippen molar-refractivity contribution in [1.29, 1.82) is 0 Å². The van der Waals surface area contributed by atoms with E-state index in [0.29, 0.717) is 28.0 Å². The second kappa shape index (κ2) is 4.82. The normalized spacial score (nSPS) is 11.0. The largest absolute Gasteiger partial charge is 0.494 e. The van der Waals surface area contributed by atoms with Gasteiger partial charge in [0, 0.05) is 5.56 Å². The first kappa shape index (κ1) is 13.5. The Balaban J connectivity index is 2.33. The number of hydrogen-bond donors (Lipinski definition) is 2. The van der Waals surface area contributed by atoms with E-state index in [1.807, 2.05) is 0 Å². The Labute approximate surface area is 124 Å². The first-order chi connectivity index (χ1) is 10.0. The van der Waals surface area contributed by atoms with Gasteiger partial charge in [0.25, 0.3) is 0 Å². The lowest BCUT2D eigenvalue weighted by Gasteiger charge is -2.06. The van der Waals surface area contributed by atoms with Crippen molar-refractivity contribution < 1.29 is 13.5 Å². The third kappa shape index (κ3) is 2.04. The van der Waals surface area contributed by atoms with Gasteiger partial charge in [0.1, 0.15) is 22.9 Å². The molecule has 7 heteroatoms. The van der Waals surface area contributed by atoms with E-state index in [2.05, 4.69) is 4.98 Å². The Morgan fingerprint density at radius 1 is 1.33 bits per heavy atom. The van der Waals surface area contributed by atoms with Crippen LogP contribution in [-0.2, 0) is 0 Å². The van der Waals surface area contributed by atoms with Gasteiger partial charge in [-0.1, -0.05) is 11.6 Å². The molecule has 5 nitrogen and oxygen atoms in total. The minimum absolute atomic E-state index is 0.00855. The van der Waals surface area contributed by atoms with Crippen molar-refractivity contribution in [2.24, 2.45) is 0 Å². The highest BCUT2D eigenvalue weighted by atomic mass is 35.5. The highest BCUT2D eigenvalue weighted by molar-refractivity contribution is 6.31. The number of nitrogens with zero attached hydrogens (tertiary/aromatic N) is 1.